The van der Waals surface area contributed by atoms with Gasteiger partial charge in [-0.2, -0.15) is 5.10 Å². The first-order valence-electron chi connectivity index (χ1n) is 8.19. The standard InChI is InChI=1S/C18H19FN2O4/c1-9-11(6-16(25-9)18-17(23)15(22)8-24-18)14-7-13(20-21-14)10-4-2-3-5-12(10)19/h2-6,13,15,17-18,20,22-23H,7-8H2,1H3/t13?,15-,17-,18+/m1/s1. The first-order chi connectivity index (χ1) is 12.0. The highest BCUT2D eigenvalue weighted by Gasteiger charge is 2.38. The number of furan rings is 1. The molecule has 4 atom stereocenters. The van der Waals surface area contributed by atoms with Crippen LogP contribution in [0.1, 0.15) is 41.2 Å². The lowest BCUT2D eigenvalue weighted by molar-refractivity contribution is 0.0117. The summed E-state index contributed by atoms with van der Waals surface area (Å²) in [6.45, 7) is 1.87. The van der Waals surface area contributed by atoms with Crippen LogP contribution >= 0.6 is 0 Å². The Morgan fingerprint density at radius 1 is 1.28 bits per heavy atom. The lowest BCUT2D eigenvalue weighted by atomic mass is 9.98. The summed E-state index contributed by atoms with van der Waals surface area (Å²) in [5.74, 6) is 0.827. The Hall–Kier alpha value is -2.22. The zero-order valence-corrected chi connectivity index (χ0v) is 13.6. The number of nitrogens with one attached hydrogen (secondary N) is 1. The van der Waals surface area contributed by atoms with E-state index in [4.69, 9.17) is 9.15 Å². The van der Waals surface area contributed by atoms with E-state index in [0.29, 0.717) is 23.5 Å². The maximum absolute atomic E-state index is 14.0. The highest BCUT2D eigenvalue weighted by molar-refractivity contribution is 6.02. The van der Waals surface area contributed by atoms with Gasteiger partial charge in [-0.3, -0.25) is 0 Å². The van der Waals surface area contributed by atoms with Crippen LogP contribution in [-0.4, -0.2) is 34.7 Å². The summed E-state index contributed by atoms with van der Waals surface area (Å²) < 4.78 is 25.1. The molecule has 1 fully saturated rings. The fourth-order valence-electron chi connectivity index (χ4n) is 3.33. The molecule has 0 aliphatic carbocycles. The molecule has 1 aromatic carbocycles. The van der Waals surface area contributed by atoms with E-state index in [1.54, 1.807) is 31.2 Å². The first-order valence-corrected chi connectivity index (χ1v) is 8.19. The molecule has 3 heterocycles. The fourth-order valence-corrected chi connectivity index (χ4v) is 3.33. The number of rotatable bonds is 3. The quantitative estimate of drug-likeness (QED) is 0.791. The third-order valence-corrected chi connectivity index (χ3v) is 4.71. The molecule has 2 aliphatic heterocycles. The Morgan fingerprint density at radius 3 is 2.80 bits per heavy atom. The minimum atomic E-state index is -1.02. The number of nitrogens with zero attached hydrogens (tertiary/aromatic N) is 1. The van der Waals surface area contributed by atoms with Gasteiger partial charge in [-0.15, -0.1) is 0 Å². The van der Waals surface area contributed by atoms with Crippen molar-refractivity contribution in [1.29, 1.82) is 0 Å². The van der Waals surface area contributed by atoms with Gasteiger partial charge in [0.05, 0.1) is 18.4 Å². The summed E-state index contributed by atoms with van der Waals surface area (Å²) in [7, 11) is 0. The monoisotopic (exact) mass is 346 g/mol. The second-order valence-corrected chi connectivity index (χ2v) is 6.40. The van der Waals surface area contributed by atoms with E-state index in [1.807, 2.05) is 0 Å². The van der Waals surface area contributed by atoms with Crippen molar-refractivity contribution in [2.75, 3.05) is 6.61 Å². The summed E-state index contributed by atoms with van der Waals surface area (Å²) in [4.78, 5) is 0. The molecule has 0 amide bonds. The fraction of sp³-hybridized carbons (Fsp3) is 0.389. The predicted octanol–water partition coefficient (Wildman–Crippen LogP) is 1.96. The SMILES string of the molecule is Cc1oc([C@@H]2OC[C@@H](O)[C@H]2O)cc1C1=NNC(c2ccccc2F)C1. The molecular weight excluding hydrogens is 327 g/mol. The van der Waals surface area contributed by atoms with E-state index >= 15 is 0 Å². The smallest absolute Gasteiger partial charge is 0.144 e. The molecule has 0 spiro atoms. The van der Waals surface area contributed by atoms with E-state index in [9.17, 15) is 14.6 Å². The molecule has 2 aliphatic rings. The van der Waals surface area contributed by atoms with Crippen LogP contribution < -0.4 is 5.43 Å². The highest BCUT2D eigenvalue weighted by Crippen LogP contribution is 2.34. The van der Waals surface area contributed by atoms with Gasteiger partial charge < -0.3 is 24.8 Å². The van der Waals surface area contributed by atoms with E-state index in [1.165, 1.54) is 6.07 Å². The van der Waals surface area contributed by atoms with Gasteiger partial charge in [0.25, 0.3) is 0 Å². The Bertz CT molecular complexity index is 819. The molecule has 0 bridgehead atoms. The molecule has 1 saturated heterocycles. The normalized spacial score (nSPS) is 28.9. The molecule has 25 heavy (non-hydrogen) atoms. The molecule has 2 aromatic rings. The lowest BCUT2D eigenvalue weighted by Crippen LogP contribution is -2.24. The molecule has 4 rings (SSSR count). The Labute approximate surface area is 143 Å². The summed E-state index contributed by atoms with van der Waals surface area (Å²) >= 11 is 0. The summed E-state index contributed by atoms with van der Waals surface area (Å²) in [5.41, 5.74) is 5.09. The van der Waals surface area contributed by atoms with Crippen LogP contribution in [0.15, 0.2) is 39.9 Å². The topological polar surface area (TPSA) is 87.2 Å². The highest BCUT2D eigenvalue weighted by atomic mass is 19.1. The van der Waals surface area contributed by atoms with Crippen LogP contribution in [0.2, 0.25) is 0 Å². The van der Waals surface area contributed by atoms with Gasteiger partial charge in [0, 0.05) is 17.5 Å². The molecule has 7 heteroatoms. The van der Waals surface area contributed by atoms with Crippen molar-refractivity contribution in [2.24, 2.45) is 5.10 Å². The zero-order valence-electron chi connectivity index (χ0n) is 13.6. The Kier molecular flexibility index (Phi) is 4.07. The van der Waals surface area contributed by atoms with Crippen molar-refractivity contribution in [2.45, 2.75) is 37.7 Å². The molecule has 0 radical (unpaired) electrons. The molecule has 0 saturated carbocycles. The van der Waals surface area contributed by atoms with Crippen LogP contribution in [0.5, 0.6) is 0 Å². The van der Waals surface area contributed by atoms with Crippen LogP contribution in [0.25, 0.3) is 0 Å². The number of halogens is 1. The summed E-state index contributed by atoms with van der Waals surface area (Å²) in [5, 5.41) is 23.9. The van der Waals surface area contributed by atoms with Crippen molar-refractivity contribution in [3.8, 4) is 0 Å². The van der Waals surface area contributed by atoms with Crippen LogP contribution in [0.3, 0.4) is 0 Å². The molecule has 1 aromatic heterocycles. The number of hydrogen-bond acceptors (Lipinski definition) is 6. The van der Waals surface area contributed by atoms with Gasteiger partial charge in [-0.25, -0.2) is 4.39 Å². The van der Waals surface area contributed by atoms with Crippen molar-refractivity contribution in [1.82, 2.24) is 5.43 Å². The number of ether oxygens (including phenoxy) is 1. The van der Waals surface area contributed by atoms with E-state index in [2.05, 4.69) is 10.5 Å². The van der Waals surface area contributed by atoms with Crippen LogP contribution in [-0.2, 0) is 4.74 Å². The minimum absolute atomic E-state index is 0.0682. The van der Waals surface area contributed by atoms with E-state index in [0.717, 1.165) is 11.3 Å². The molecule has 3 N–H and O–H groups in total. The van der Waals surface area contributed by atoms with Gasteiger partial charge in [0.2, 0.25) is 0 Å². The van der Waals surface area contributed by atoms with Crippen LogP contribution in [0, 0.1) is 12.7 Å². The molecule has 6 nitrogen and oxygen atoms in total. The second-order valence-electron chi connectivity index (χ2n) is 6.40. The number of hydrogen-bond donors (Lipinski definition) is 3. The maximum atomic E-state index is 14.0. The van der Waals surface area contributed by atoms with Gasteiger partial charge >= 0.3 is 0 Å². The zero-order chi connectivity index (χ0) is 17.6. The molecular formula is C18H19FN2O4. The third kappa shape index (κ3) is 2.84. The lowest BCUT2D eigenvalue weighted by Gasteiger charge is -2.11. The predicted molar refractivity (Wildman–Crippen MR) is 87.6 cm³/mol. The number of aryl methyl sites for hydroxylation is 1. The Balaban J connectivity index is 1.55. The average molecular weight is 346 g/mol. The third-order valence-electron chi connectivity index (χ3n) is 4.71. The van der Waals surface area contributed by atoms with Crippen molar-refractivity contribution in [3.05, 3.63) is 58.8 Å². The minimum Gasteiger partial charge on any atom is -0.463 e. The van der Waals surface area contributed by atoms with Gasteiger partial charge in [-0.1, -0.05) is 18.2 Å². The van der Waals surface area contributed by atoms with Crippen LogP contribution in [0.4, 0.5) is 4.39 Å². The summed E-state index contributed by atoms with van der Waals surface area (Å²) in [6, 6.07) is 8.16. The number of aliphatic hydroxyl groups excluding tert-OH is 2. The number of aliphatic hydroxyl groups is 2. The maximum Gasteiger partial charge on any atom is 0.144 e. The largest absolute Gasteiger partial charge is 0.463 e. The molecule has 1 unspecified atom stereocenters. The van der Waals surface area contributed by atoms with E-state index in [-0.39, 0.29) is 18.5 Å². The second kappa shape index (κ2) is 6.25. The van der Waals surface area contributed by atoms with Crippen molar-refractivity contribution < 1.29 is 23.8 Å². The average Bonchev–Trinajstić information content (AvgIpc) is 3.29. The molecule has 132 valence electrons. The van der Waals surface area contributed by atoms with Crippen molar-refractivity contribution >= 4 is 5.71 Å². The summed E-state index contributed by atoms with van der Waals surface area (Å²) in [6.07, 6.45) is -2.11. The first kappa shape index (κ1) is 16.3. The van der Waals surface area contributed by atoms with Crippen molar-refractivity contribution in [3.63, 3.8) is 0 Å². The van der Waals surface area contributed by atoms with E-state index < -0.39 is 18.3 Å². The van der Waals surface area contributed by atoms with Gasteiger partial charge in [0.1, 0.15) is 35.6 Å². The van der Waals surface area contributed by atoms with Gasteiger partial charge in [0.15, 0.2) is 0 Å². The Morgan fingerprint density at radius 2 is 2.08 bits per heavy atom. The van der Waals surface area contributed by atoms with Gasteiger partial charge in [-0.05, 0) is 19.1 Å². The number of benzene rings is 1. The number of hydrazone groups is 1.